The topological polar surface area (TPSA) is 110 Å². The van der Waals surface area contributed by atoms with Gasteiger partial charge >= 0.3 is 0 Å². The first-order valence-corrected chi connectivity index (χ1v) is 10.0. The smallest absolute Gasteiger partial charge is 0.269 e. The summed E-state index contributed by atoms with van der Waals surface area (Å²) >= 11 is 0. The maximum atomic E-state index is 12.8. The minimum absolute atomic E-state index is 0.00321. The van der Waals surface area contributed by atoms with Crippen LogP contribution in [0.4, 0.5) is 0 Å². The van der Waals surface area contributed by atoms with E-state index >= 15 is 0 Å². The van der Waals surface area contributed by atoms with E-state index in [0.717, 1.165) is 17.1 Å². The molecule has 0 saturated carbocycles. The van der Waals surface area contributed by atoms with Crippen molar-refractivity contribution in [1.82, 2.24) is 9.21 Å². The van der Waals surface area contributed by atoms with Gasteiger partial charge in [-0.1, -0.05) is 0 Å². The van der Waals surface area contributed by atoms with Gasteiger partial charge in [0.05, 0.1) is 18.2 Å². The summed E-state index contributed by atoms with van der Waals surface area (Å²) in [7, 11) is -2.37. The first kappa shape index (κ1) is 18.8. The zero-order chi connectivity index (χ0) is 19.1. The van der Waals surface area contributed by atoms with Gasteiger partial charge in [-0.05, 0) is 38.0 Å². The molecule has 2 atom stereocenters. The Morgan fingerprint density at radius 1 is 1.46 bits per heavy atom. The van der Waals surface area contributed by atoms with Crippen LogP contribution in [-0.2, 0) is 14.8 Å². The van der Waals surface area contributed by atoms with Crippen molar-refractivity contribution < 1.29 is 22.7 Å². The highest BCUT2D eigenvalue weighted by Gasteiger charge is 2.43. The van der Waals surface area contributed by atoms with Gasteiger partial charge in [-0.15, -0.1) is 0 Å². The number of ether oxygens (including phenoxy) is 1. The van der Waals surface area contributed by atoms with Crippen molar-refractivity contribution in [2.75, 3.05) is 26.7 Å². The van der Waals surface area contributed by atoms with Crippen LogP contribution in [0.2, 0.25) is 0 Å². The summed E-state index contributed by atoms with van der Waals surface area (Å²) in [4.78, 5) is 26.4. The monoisotopic (exact) mass is 381 g/mol. The van der Waals surface area contributed by atoms with E-state index in [1.165, 1.54) is 23.1 Å². The van der Waals surface area contributed by atoms with Crippen LogP contribution in [0.3, 0.4) is 0 Å². The number of hydrogen-bond donors (Lipinski definition) is 1. The maximum absolute atomic E-state index is 12.8. The summed E-state index contributed by atoms with van der Waals surface area (Å²) in [6.07, 6.45) is 1.30. The highest BCUT2D eigenvalue weighted by atomic mass is 32.2. The molecule has 0 aromatic heterocycles. The van der Waals surface area contributed by atoms with Crippen molar-refractivity contribution in [2.24, 2.45) is 5.73 Å². The van der Waals surface area contributed by atoms with Crippen LogP contribution in [-0.4, -0.2) is 68.3 Å². The zero-order valence-corrected chi connectivity index (χ0v) is 15.7. The van der Waals surface area contributed by atoms with Crippen molar-refractivity contribution in [2.45, 2.75) is 36.8 Å². The fourth-order valence-corrected chi connectivity index (χ4v) is 4.75. The molecule has 1 saturated heterocycles. The van der Waals surface area contributed by atoms with Crippen molar-refractivity contribution in [3.63, 3.8) is 0 Å². The predicted molar refractivity (Wildman–Crippen MR) is 94.2 cm³/mol. The van der Waals surface area contributed by atoms with Crippen LogP contribution in [0, 0.1) is 0 Å². The number of amides is 2. The van der Waals surface area contributed by atoms with Gasteiger partial charge in [0.1, 0.15) is 4.90 Å². The lowest BCUT2D eigenvalue weighted by Crippen LogP contribution is -2.39. The standard InChI is InChI=1S/C17H23N3O5S/c1-11(9-18)19(2)16(21)12-5-6-14-15(8-12)26(23,24)20(17(14)22)10-13-4-3-7-25-13/h5-6,8,11,13H,3-4,7,9-10,18H2,1-2H3. The third-order valence-corrected chi connectivity index (χ3v) is 6.76. The molecule has 1 aromatic carbocycles. The molecule has 8 nitrogen and oxygen atoms in total. The number of hydrogen-bond acceptors (Lipinski definition) is 6. The van der Waals surface area contributed by atoms with Crippen LogP contribution < -0.4 is 5.73 Å². The Bertz CT molecular complexity index is 833. The van der Waals surface area contributed by atoms with Crippen molar-refractivity contribution in [1.29, 1.82) is 0 Å². The fraction of sp³-hybridized carbons (Fsp3) is 0.529. The lowest BCUT2D eigenvalue weighted by Gasteiger charge is -2.23. The fourth-order valence-electron chi connectivity index (χ4n) is 3.12. The molecule has 1 aromatic rings. The Labute approximate surface area is 152 Å². The van der Waals surface area contributed by atoms with Gasteiger partial charge < -0.3 is 15.4 Å². The molecule has 1 fully saturated rings. The van der Waals surface area contributed by atoms with Crippen LogP contribution in [0.15, 0.2) is 23.1 Å². The van der Waals surface area contributed by atoms with Gasteiger partial charge in [-0.2, -0.15) is 0 Å². The van der Waals surface area contributed by atoms with E-state index in [9.17, 15) is 18.0 Å². The summed E-state index contributed by atoms with van der Waals surface area (Å²) in [6.45, 7) is 2.67. The Morgan fingerprint density at radius 2 is 2.19 bits per heavy atom. The quantitative estimate of drug-likeness (QED) is 0.792. The van der Waals surface area contributed by atoms with Gasteiger partial charge in [-0.25, -0.2) is 12.7 Å². The number of likely N-dealkylation sites (N-methyl/N-ethyl adjacent to an activating group) is 1. The Hall–Kier alpha value is -1.97. The van der Waals surface area contributed by atoms with E-state index in [0.29, 0.717) is 13.2 Å². The van der Waals surface area contributed by atoms with Gasteiger partial charge in [0.2, 0.25) is 0 Å². The maximum Gasteiger partial charge on any atom is 0.269 e. The molecule has 9 heteroatoms. The molecule has 0 spiro atoms. The highest BCUT2D eigenvalue weighted by molar-refractivity contribution is 7.90. The average Bonchev–Trinajstić information content (AvgIpc) is 3.21. The molecule has 2 amide bonds. The predicted octanol–water partition coefficient (Wildman–Crippen LogP) is 0.429. The Morgan fingerprint density at radius 3 is 2.81 bits per heavy atom. The molecule has 3 rings (SSSR count). The van der Waals surface area contributed by atoms with Crippen molar-refractivity contribution >= 4 is 21.8 Å². The molecule has 142 valence electrons. The van der Waals surface area contributed by atoms with Crippen molar-refractivity contribution in [3.8, 4) is 0 Å². The van der Waals surface area contributed by atoms with Gasteiger partial charge in [-0.3, -0.25) is 9.59 Å². The Kier molecular flexibility index (Phi) is 5.05. The van der Waals surface area contributed by atoms with E-state index in [1.54, 1.807) is 14.0 Å². The second-order valence-electron chi connectivity index (χ2n) is 6.69. The summed E-state index contributed by atoms with van der Waals surface area (Å²) in [5, 5.41) is 0. The molecular formula is C17H23N3O5S. The molecule has 26 heavy (non-hydrogen) atoms. The highest BCUT2D eigenvalue weighted by Crippen LogP contribution is 2.32. The molecule has 2 heterocycles. The number of rotatable bonds is 5. The number of benzene rings is 1. The van der Waals surface area contributed by atoms with Crippen LogP contribution in [0.5, 0.6) is 0 Å². The molecular weight excluding hydrogens is 358 g/mol. The van der Waals surface area contributed by atoms with Crippen LogP contribution >= 0.6 is 0 Å². The second-order valence-corrected chi connectivity index (χ2v) is 8.52. The molecule has 0 bridgehead atoms. The van der Waals surface area contributed by atoms with E-state index in [1.807, 2.05) is 0 Å². The first-order chi connectivity index (χ1) is 12.3. The van der Waals surface area contributed by atoms with Crippen LogP contribution in [0.1, 0.15) is 40.5 Å². The van der Waals surface area contributed by atoms with Crippen LogP contribution in [0.25, 0.3) is 0 Å². The Balaban J connectivity index is 1.91. The second kappa shape index (κ2) is 6.98. The number of carbonyl (C=O) groups excluding carboxylic acids is 2. The van der Waals surface area contributed by atoms with Crippen molar-refractivity contribution in [3.05, 3.63) is 29.3 Å². The summed E-state index contributed by atoms with van der Waals surface area (Å²) in [5.74, 6) is -0.913. The molecule has 0 radical (unpaired) electrons. The van der Waals surface area contributed by atoms with E-state index < -0.39 is 15.9 Å². The molecule has 2 unspecified atom stereocenters. The molecule has 2 aliphatic rings. The van der Waals surface area contributed by atoms with E-state index in [2.05, 4.69) is 0 Å². The van der Waals surface area contributed by atoms with Gasteiger partial charge in [0.25, 0.3) is 21.8 Å². The third kappa shape index (κ3) is 3.10. The summed E-state index contributed by atoms with van der Waals surface area (Å²) in [6, 6.07) is 3.97. The number of sulfonamides is 1. The third-order valence-electron chi connectivity index (χ3n) is 4.97. The molecule has 2 N–H and O–H groups in total. The minimum Gasteiger partial charge on any atom is -0.376 e. The first-order valence-electron chi connectivity index (χ1n) is 8.57. The number of nitrogens with two attached hydrogens (primary N) is 1. The van der Waals surface area contributed by atoms with E-state index in [-0.39, 0.29) is 40.6 Å². The summed E-state index contributed by atoms with van der Waals surface area (Å²) in [5.41, 5.74) is 5.89. The number of carbonyl (C=O) groups is 2. The number of fused-ring (bicyclic) bond motifs is 1. The van der Waals surface area contributed by atoms with E-state index in [4.69, 9.17) is 10.5 Å². The number of nitrogens with zero attached hydrogens (tertiary/aromatic N) is 2. The summed E-state index contributed by atoms with van der Waals surface area (Å²) < 4.78 is 32.0. The lowest BCUT2D eigenvalue weighted by atomic mass is 10.1. The normalized spacial score (nSPS) is 22.3. The largest absolute Gasteiger partial charge is 0.376 e. The molecule has 2 aliphatic heterocycles. The minimum atomic E-state index is -3.98. The average molecular weight is 381 g/mol. The lowest BCUT2D eigenvalue weighted by molar-refractivity contribution is 0.0706. The molecule has 0 aliphatic carbocycles. The SMILES string of the molecule is CC(CN)N(C)C(=O)c1ccc2c(c1)S(=O)(=O)N(CC1CCCO1)C2=O. The van der Waals surface area contributed by atoms with Gasteiger partial charge in [0, 0.05) is 31.8 Å². The zero-order valence-electron chi connectivity index (χ0n) is 14.8. The van der Waals surface area contributed by atoms with Gasteiger partial charge in [0.15, 0.2) is 0 Å².